The Morgan fingerprint density at radius 3 is 2.26 bits per heavy atom. The molecule has 0 bridgehead atoms. The van der Waals surface area contributed by atoms with Crippen molar-refractivity contribution >= 4 is 5.91 Å². The van der Waals surface area contributed by atoms with Crippen LogP contribution in [0.15, 0.2) is 24.3 Å². The number of likely N-dealkylation sites (tertiary alicyclic amines) is 2. The standard InChI is InChI=1S/C23H35N3O/c1-24(22-11-15-26(16-12-22)23(27)19-9-6-10-19)17-20-7-2-3-8-21(20)18-25-13-4-5-14-25/h2-3,7-8,19,22H,4-6,9-18H2,1H3. The molecule has 0 spiro atoms. The van der Waals surface area contributed by atoms with Crippen LogP contribution in [0.5, 0.6) is 0 Å². The summed E-state index contributed by atoms with van der Waals surface area (Å²) >= 11 is 0. The molecule has 0 unspecified atom stereocenters. The molecule has 2 heterocycles. The van der Waals surface area contributed by atoms with Crippen LogP contribution in [0.2, 0.25) is 0 Å². The maximum absolute atomic E-state index is 12.5. The van der Waals surface area contributed by atoms with Gasteiger partial charge in [-0.05, 0) is 69.8 Å². The van der Waals surface area contributed by atoms with Gasteiger partial charge in [-0.3, -0.25) is 14.6 Å². The lowest BCUT2D eigenvalue weighted by molar-refractivity contribution is -0.139. The van der Waals surface area contributed by atoms with Gasteiger partial charge in [0, 0.05) is 38.1 Å². The second-order valence-corrected chi connectivity index (χ2v) is 8.85. The second kappa shape index (κ2) is 8.74. The summed E-state index contributed by atoms with van der Waals surface area (Å²) in [4.78, 5) is 19.7. The Kier molecular flexibility index (Phi) is 6.14. The van der Waals surface area contributed by atoms with E-state index >= 15 is 0 Å². The summed E-state index contributed by atoms with van der Waals surface area (Å²) in [6, 6.07) is 9.56. The predicted octanol–water partition coefficient (Wildman–Crippen LogP) is 3.51. The Balaban J connectivity index is 1.30. The zero-order valence-corrected chi connectivity index (χ0v) is 16.9. The molecular formula is C23H35N3O. The normalized spacial score (nSPS) is 22.4. The Labute approximate surface area is 164 Å². The van der Waals surface area contributed by atoms with Crippen molar-refractivity contribution in [1.82, 2.24) is 14.7 Å². The number of rotatable bonds is 6. The fourth-order valence-corrected chi connectivity index (χ4v) is 4.89. The fraction of sp³-hybridized carbons (Fsp3) is 0.696. The van der Waals surface area contributed by atoms with Crippen molar-refractivity contribution < 1.29 is 4.79 Å². The van der Waals surface area contributed by atoms with Gasteiger partial charge in [-0.2, -0.15) is 0 Å². The third kappa shape index (κ3) is 4.55. The van der Waals surface area contributed by atoms with E-state index in [-0.39, 0.29) is 0 Å². The van der Waals surface area contributed by atoms with Crippen LogP contribution in [0.1, 0.15) is 56.1 Å². The van der Waals surface area contributed by atoms with Crippen LogP contribution >= 0.6 is 0 Å². The zero-order chi connectivity index (χ0) is 18.6. The van der Waals surface area contributed by atoms with Gasteiger partial charge in [-0.15, -0.1) is 0 Å². The molecule has 4 heteroatoms. The summed E-state index contributed by atoms with van der Waals surface area (Å²) in [7, 11) is 2.26. The molecule has 4 nitrogen and oxygen atoms in total. The predicted molar refractivity (Wildman–Crippen MR) is 109 cm³/mol. The lowest BCUT2D eigenvalue weighted by Crippen LogP contribution is -2.48. The average molecular weight is 370 g/mol. The highest BCUT2D eigenvalue weighted by Crippen LogP contribution is 2.30. The molecule has 27 heavy (non-hydrogen) atoms. The van der Waals surface area contributed by atoms with Crippen LogP contribution < -0.4 is 0 Å². The van der Waals surface area contributed by atoms with Gasteiger partial charge in [0.2, 0.25) is 5.91 Å². The molecule has 1 aliphatic carbocycles. The molecule has 3 aliphatic rings. The van der Waals surface area contributed by atoms with E-state index in [0.717, 1.165) is 51.9 Å². The summed E-state index contributed by atoms with van der Waals surface area (Å²) in [6.45, 7) is 6.50. The molecule has 148 valence electrons. The Morgan fingerprint density at radius 1 is 0.963 bits per heavy atom. The molecule has 3 fully saturated rings. The number of amides is 1. The van der Waals surface area contributed by atoms with Crippen molar-refractivity contribution in [2.45, 2.75) is 64.1 Å². The number of hydrogen-bond donors (Lipinski definition) is 0. The Bertz CT molecular complexity index is 628. The van der Waals surface area contributed by atoms with Gasteiger partial charge in [-0.25, -0.2) is 0 Å². The molecule has 1 amide bonds. The van der Waals surface area contributed by atoms with Crippen molar-refractivity contribution in [1.29, 1.82) is 0 Å². The molecule has 0 aromatic heterocycles. The lowest BCUT2D eigenvalue weighted by Gasteiger charge is -2.39. The molecule has 1 aromatic rings. The van der Waals surface area contributed by atoms with Crippen LogP contribution in [0.4, 0.5) is 0 Å². The van der Waals surface area contributed by atoms with Gasteiger partial charge in [-0.1, -0.05) is 30.7 Å². The molecule has 0 radical (unpaired) electrons. The average Bonchev–Trinajstić information content (AvgIpc) is 3.15. The van der Waals surface area contributed by atoms with E-state index in [1.807, 2.05) is 0 Å². The number of piperidine rings is 1. The molecule has 0 N–H and O–H groups in total. The fourth-order valence-electron chi connectivity index (χ4n) is 4.89. The highest BCUT2D eigenvalue weighted by molar-refractivity contribution is 5.79. The summed E-state index contributed by atoms with van der Waals surface area (Å²) in [5.74, 6) is 0.773. The number of carbonyl (C=O) groups is 1. The largest absolute Gasteiger partial charge is 0.342 e. The molecule has 0 atom stereocenters. The third-order valence-corrected chi connectivity index (χ3v) is 6.98. The van der Waals surface area contributed by atoms with Gasteiger partial charge in [0.15, 0.2) is 0 Å². The highest BCUT2D eigenvalue weighted by Gasteiger charge is 2.32. The second-order valence-electron chi connectivity index (χ2n) is 8.85. The van der Waals surface area contributed by atoms with Gasteiger partial charge >= 0.3 is 0 Å². The monoisotopic (exact) mass is 369 g/mol. The Hall–Kier alpha value is -1.39. The summed E-state index contributed by atoms with van der Waals surface area (Å²) < 4.78 is 0. The minimum atomic E-state index is 0.344. The van der Waals surface area contributed by atoms with Gasteiger partial charge < -0.3 is 4.90 Å². The van der Waals surface area contributed by atoms with Crippen molar-refractivity contribution in [3.05, 3.63) is 35.4 Å². The molecule has 1 aromatic carbocycles. The summed E-state index contributed by atoms with van der Waals surface area (Å²) in [5, 5.41) is 0. The minimum Gasteiger partial charge on any atom is -0.342 e. The highest BCUT2D eigenvalue weighted by atomic mass is 16.2. The molecule has 2 aliphatic heterocycles. The maximum Gasteiger partial charge on any atom is 0.225 e. The molecule has 1 saturated carbocycles. The number of hydrogen-bond acceptors (Lipinski definition) is 3. The smallest absolute Gasteiger partial charge is 0.225 e. The first-order valence-corrected chi connectivity index (χ1v) is 11.0. The first-order chi connectivity index (χ1) is 13.2. The van der Waals surface area contributed by atoms with Gasteiger partial charge in [0.05, 0.1) is 0 Å². The van der Waals surface area contributed by atoms with E-state index in [9.17, 15) is 4.79 Å². The van der Waals surface area contributed by atoms with E-state index in [1.54, 1.807) is 0 Å². The van der Waals surface area contributed by atoms with E-state index in [2.05, 4.69) is 46.0 Å². The van der Waals surface area contributed by atoms with E-state index in [0.29, 0.717) is 17.9 Å². The molecule has 4 rings (SSSR count). The van der Waals surface area contributed by atoms with Gasteiger partial charge in [0.1, 0.15) is 0 Å². The van der Waals surface area contributed by atoms with Crippen molar-refractivity contribution in [3.63, 3.8) is 0 Å². The van der Waals surface area contributed by atoms with Crippen LogP contribution in [0, 0.1) is 5.92 Å². The topological polar surface area (TPSA) is 26.8 Å². The Morgan fingerprint density at radius 2 is 1.63 bits per heavy atom. The van der Waals surface area contributed by atoms with Crippen molar-refractivity contribution in [2.24, 2.45) is 5.92 Å². The SMILES string of the molecule is CN(Cc1ccccc1CN1CCCC1)C1CCN(C(=O)C2CCC2)CC1. The van der Waals surface area contributed by atoms with Crippen LogP contribution in [-0.4, -0.2) is 59.9 Å². The number of benzene rings is 1. The number of carbonyl (C=O) groups excluding carboxylic acids is 1. The van der Waals surface area contributed by atoms with E-state index in [4.69, 9.17) is 0 Å². The van der Waals surface area contributed by atoms with Crippen molar-refractivity contribution in [3.8, 4) is 0 Å². The van der Waals surface area contributed by atoms with Crippen LogP contribution in [0.25, 0.3) is 0 Å². The van der Waals surface area contributed by atoms with E-state index < -0.39 is 0 Å². The molecule has 2 saturated heterocycles. The number of nitrogens with zero attached hydrogens (tertiary/aromatic N) is 3. The first-order valence-electron chi connectivity index (χ1n) is 11.0. The minimum absolute atomic E-state index is 0.344. The van der Waals surface area contributed by atoms with Crippen molar-refractivity contribution in [2.75, 3.05) is 33.2 Å². The molecular weight excluding hydrogens is 334 g/mol. The van der Waals surface area contributed by atoms with E-state index in [1.165, 1.54) is 43.5 Å². The first kappa shape index (κ1) is 18.9. The van der Waals surface area contributed by atoms with Gasteiger partial charge in [0.25, 0.3) is 0 Å². The van der Waals surface area contributed by atoms with Crippen LogP contribution in [0.3, 0.4) is 0 Å². The quantitative estimate of drug-likeness (QED) is 0.768. The van der Waals surface area contributed by atoms with Crippen LogP contribution in [-0.2, 0) is 17.9 Å². The summed E-state index contributed by atoms with van der Waals surface area (Å²) in [6.07, 6.45) is 8.40. The lowest BCUT2D eigenvalue weighted by atomic mass is 9.84. The summed E-state index contributed by atoms with van der Waals surface area (Å²) in [5.41, 5.74) is 2.96. The third-order valence-electron chi connectivity index (χ3n) is 6.98. The maximum atomic E-state index is 12.5. The zero-order valence-electron chi connectivity index (χ0n) is 16.9.